The van der Waals surface area contributed by atoms with Crippen LogP contribution >= 0.6 is 22.7 Å². The van der Waals surface area contributed by atoms with Crippen molar-refractivity contribution in [2.75, 3.05) is 6.54 Å². The molecular formula is C23H18F3N3S2. The molecule has 31 heavy (non-hydrogen) atoms. The van der Waals surface area contributed by atoms with E-state index in [1.54, 1.807) is 11.3 Å². The fourth-order valence-electron chi connectivity index (χ4n) is 3.69. The van der Waals surface area contributed by atoms with Crippen LogP contribution < -0.4 is 0 Å². The molecule has 0 N–H and O–H groups in total. The van der Waals surface area contributed by atoms with Crippen LogP contribution in [-0.4, -0.2) is 21.4 Å². The Morgan fingerprint density at radius 2 is 1.84 bits per heavy atom. The maximum atomic E-state index is 12.8. The molecule has 0 atom stereocenters. The largest absolute Gasteiger partial charge is 0.416 e. The molecule has 5 rings (SSSR count). The summed E-state index contributed by atoms with van der Waals surface area (Å²) in [4.78, 5) is 15.4. The van der Waals surface area contributed by atoms with E-state index in [2.05, 4.69) is 44.5 Å². The molecule has 0 aliphatic carbocycles. The van der Waals surface area contributed by atoms with E-state index in [0.717, 1.165) is 49.4 Å². The molecule has 0 saturated heterocycles. The Kier molecular flexibility index (Phi) is 5.37. The summed E-state index contributed by atoms with van der Waals surface area (Å²) in [6, 6.07) is 13.6. The van der Waals surface area contributed by atoms with Gasteiger partial charge in [-0.3, -0.25) is 4.90 Å². The van der Waals surface area contributed by atoms with Gasteiger partial charge in [0.2, 0.25) is 0 Å². The highest BCUT2D eigenvalue weighted by molar-refractivity contribution is 7.21. The number of nitrogens with zero attached hydrogens (tertiary/aromatic N) is 3. The number of halogens is 3. The van der Waals surface area contributed by atoms with Gasteiger partial charge in [0.1, 0.15) is 0 Å². The van der Waals surface area contributed by atoms with Crippen LogP contribution in [0.1, 0.15) is 21.7 Å². The molecule has 4 heterocycles. The summed E-state index contributed by atoms with van der Waals surface area (Å²) >= 11 is 3.58. The first-order valence-corrected chi connectivity index (χ1v) is 11.5. The van der Waals surface area contributed by atoms with Crippen LogP contribution in [0.3, 0.4) is 0 Å². The molecule has 0 unspecified atom stereocenters. The number of benzene rings is 1. The van der Waals surface area contributed by atoms with Gasteiger partial charge in [0.05, 0.1) is 11.3 Å². The summed E-state index contributed by atoms with van der Waals surface area (Å²) in [6.07, 6.45) is -1.73. The van der Waals surface area contributed by atoms with Crippen molar-refractivity contribution in [3.63, 3.8) is 0 Å². The summed E-state index contributed by atoms with van der Waals surface area (Å²) in [7, 11) is 0. The van der Waals surface area contributed by atoms with Gasteiger partial charge >= 0.3 is 6.18 Å². The molecule has 0 fully saturated rings. The van der Waals surface area contributed by atoms with Crippen molar-refractivity contribution in [3.05, 3.63) is 81.8 Å². The molecular weight excluding hydrogens is 439 g/mol. The van der Waals surface area contributed by atoms with E-state index in [9.17, 15) is 13.2 Å². The quantitative estimate of drug-likeness (QED) is 0.350. The van der Waals surface area contributed by atoms with Crippen LogP contribution in [0.2, 0.25) is 0 Å². The minimum Gasteiger partial charge on any atom is -0.293 e. The maximum Gasteiger partial charge on any atom is 0.416 e. The van der Waals surface area contributed by atoms with Crippen LogP contribution in [0, 0.1) is 0 Å². The highest BCUT2D eigenvalue weighted by atomic mass is 32.1. The third-order valence-corrected chi connectivity index (χ3v) is 7.42. The van der Waals surface area contributed by atoms with E-state index in [1.807, 2.05) is 17.5 Å². The fourth-order valence-corrected chi connectivity index (χ4v) is 5.58. The van der Waals surface area contributed by atoms with Crippen molar-refractivity contribution < 1.29 is 13.2 Å². The summed E-state index contributed by atoms with van der Waals surface area (Å²) in [5, 5.41) is 2.09. The van der Waals surface area contributed by atoms with Gasteiger partial charge in [-0.25, -0.2) is 9.97 Å². The Morgan fingerprint density at radius 3 is 2.58 bits per heavy atom. The van der Waals surface area contributed by atoms with Gasteiger partial charge in [0.15, 0.2) is 5.82 Å². The molecule has 0 amide bonds. The Labute approximate surface area is 185 Å². The lowest BCUT2D eigenvalue weighted by Crippen LogP contribution is -2.30. The first-order valence-electron chi connectivity index (χ1n) is 9.83. The van der Waals surface area contributed by atoms with Crippen LogP contribution in [0.4, 0.5) is 13.2 Å². The zero-order chi connectivity index (χ0) is 21.4. The standard InChI is InChI=1S/C23H18F3N3S2/c24-23(25,26)17-5-3-15(4-6-17)22-27-12-16-13-29(10-9-19(16)28-22)14-18-7-8-21(31-18)20-2-1-11-30-20/h1-8,11-12H,9-10,13-14H2. The maximum absolute atomic E-state index is 12.8. The van der Waals surface area contributed by atoms with E-state index >= 15 is 0 Å². The lowest BCUT2D eigenvalue weighted by Gasteiger charge is -2.27. The van der Waals surface area contributed by atoms with Crippen LogP contribution in [0.25, 0.3) is 21.1 Å². The second-order valence-electron chi connectivity index (χ2n) is 7.44. The molecule has 8 heteroatoms. The molecule has 3 nitrogen and oxygen atoms in total. The van der Waals surface area contributed by atoms with Gasteiger partial charge in [-0.15, -0.1) is 22.7 Å². The molecule has 0 radical (unpaired) electrons. The predicted octanol–water partition coefficient (Wildman–Crippen LogP) is 6.51. The summed E-state index contributed by atoms with van der Waals surface area (Å²) < 4.78 is 38.3. The van der Waals surface area contributed by atoms with Gasteiger partial charge in [0.25, 0.3) is 0 Å². The van der Waals surface area contributed by atoms with Crippen molar-refractivity contribution in [2.24, 2.45) is 0 Å². The summed E-state index contributed by atoms with van der Waals surface area (Å²) in [5.74, 6) is 0.472. The molecule has 0 spiro atoms. The minimum absolute atomic E-state index is 0.472. The normalized spacial score (nSPS) is 14.5. The second-order valence-corrected chi connectivity index (χ2v) is 9.56. The highest BCUT2D eigenvalue weighted by Gasteiger charge is 2.30. The number of hydrogen-bond donors (Lipinski definition) is 0. The molecule has 4 aromatic rings. The van der Waals surface area contributed by atoms with Crippen molar-refractivity contribution in [2.45, 2.75) is 25.7 Å². The Bertz CT molecular complexity index is 1180. The Balaban J connectivity index is 1.28. The van der Waals surface area contributed by atoms with E-state index in [-0.39, 0.29) is 0 Å². The molecule has 0 bridgehead atoms. The van der Waals surface area contributed by atoms with Gasteiger partial charge in [-0.1, -0.05) is 18.2 Å². The number of thiophene rings is 2. The third-order valence-electron chi connectivity index (χ3n) is 5.29. The van der Waals surface area contributed by atoms with Gasteiger partial charge < -0.3 is 0 Å². The van der Waals surface area contributed by atoms with Crippen LogP contribution in [-0.2, 0) is 25.7 Å². The second kappa shape index (κ2) is 8.18. The lowest BCUT2D eigenvalue weighted by atomic mass is 10.1. The van der Waals surface area contributed by atoms with Crippen LogP contribution in [0.15, 0.2) is 60.1 Å². The zero-order valence-corrected chi connectivity index (χ0v) is 18.0. The molecule has 0 saturated carbocycles. The van der Waals surface area contributed by atoms with E-state index in [1.165, 1.54) is 26.8 Å². The monoisotopic (exact) mass is 457 g/mol. The van der Waals surface area contributed by atoms with Gasteiger partial charge in [-0.05, 0) is 35.7 Å². The van der Waals surface area contributed by atoms with Gasteiger partial charge in [-0.2, -0.15) is 13.2 Å². The third kappa shape index (κ3) is 4.42. The molecule has 1 aliphatic rings. The predicted molar refractivity (Wildman–Crippen MR) is 118 cm³/mol. The van der Waals surface area contributed by atoms with Gasteiger partial charge in [0, 0.05) is 58.0 Å². The van der Waals surface area contributed by atoms with E-state index < -0.39 is 11.7 Å². The zero-order valence-electron chi connectivity index (χ0n) is 16.4. The Hall–Kier alpha value is -2.55. The van der Waals surface area contributed by atoms with E-state index in [4.69, 9.17) is 0 Å². The van der Waals surface area contributed by atoms with Crippen LogP contribution in [0.5, 0.6) is 0 Å². The molecule has 1 aliphatic heterocycles. The first-order chi connectivity index (χ1) is 15.0. The fraction of sp³-hybridized carbons (Fsp3) is 0.217. The Morgan fingerprint density at radius 1 is 1.00 bits per heavy atom. The lowest BCUT2D eigenvalue weighted by molar-refractivity contribution is -0.137. The number of rotatable bonds is 4. The smallest absolute Gasteiger partial charge is 0.293 e. The molecule has 3 aromatic heterocycles. The number of hydrogen-bond acceptors (Lipinski definition) is 5. The molecule has 1 aromatic carbocycles. The average Bonchev–Trinajstić information content (AvgIpc) is 3.45. The average molecular weight is 458 g/mol. The van der Waals surface area contributed by atoms with Crippen molar-refractivity contribution in [3.8, 4) is 21.1 Å². The van der Waals surface area contributed by atoms with Crippen molar-refractivity contribution in [1.29, 1.82) is 0 Å². The minimum atomic E-state index is -4.34. The summed E-state index contributed by atoms with van der Waals surface area (Å²) in [6.45, 7) is 2.55. The number of alkyl halides is 3. The molecule has 158 valence electrons. The topological polar surface area (TPSA) is 29.0 Å². The highest BCUT2D eigenvalue weighted by Crippen LogP contribution is 2.33. The number of fused-ring (bicyclic) bond motifs is 1. The SMILES string of the molecule is FC(F)(F)c1ccc(-c2ncc3c(n2)CCN(Cc2ccc(-c4cccs4)s2)C3)cc1. The van der Waals surface area contributed by atoms with E-state index in [0.29, 0.717) is 11.4 Å². The van der Waals surface area contributed by atoms with Crippen molar-refractivity contribution >= 4 is 22.7 Å². The summed E-state index contributed by atoms with van der Waals surface area (Å²) in [5.41, 5.74) is 1.99. The number of aromatic nitrogens is 2. The van der Waals surface area contributed by atoms with Crippen molar-refractivity contribution in [1.82, 2.24) is 14.9 Å². The first kappa shape index (κ1) is 20.4.